The molecule has 0 aromatic carbocycles. The Balaban J connectivity index is 1.70. The standard InChI is InChI=1S/C19H24N4O5S/c1-29(25,26)22-16-3-2-10-23-17(16)11-27-14-6-4-13(5-7-14)15-8-9-20-21-19(15)28-12-18(23)24/h8-9,11,13-14H,2-7,10,12H2,1H3/b17-11-,22-16+. The summed E-state index contributed by atoms with van der Waals surface area (Å²) in [5, 5.41) is 8.00. The number of carbonyl (C=O) groups is 1. The zero-order chi connectivity index (χ0) is 20.4. The fraction of sp³-hybridized carbons (Fsp3) is 0.579. The second-order valence-electron chi connectivity index (χ2n) is 7.61. The molecule has 4 aliphatic rings. The van der Waals surface area contributed by atoms with Gasteiger partial charge in [0.1, 0.15) is 12.0 Å². The highest BCUT2D eigenvalue weighted by molar-refractivity contribution is 7.89. The number of fused-ring (bicyclic) bond motifs is 5. The largest absolute Gasteiger partial charge is 0.496 e. The number of aromatic nitrogens is 2. The maximum absolute atomic E-state index is 12.9. The SMILES string of the molecule is CS(=O)(=O)/N=C1CCCN2C(=O)COc3nnccc3C3CCC(CC3)O\C=C\12. The quantitative estimate of drug-likeness (QED) is 0.681. The van der Waals surface area contributed by atoms with E-state index in [-0.39, 0.29) is 24.5 Å². The Labute approximate surface area is 169 Å². The highest BCUT2D eigenvalue weighted by Crippen LogP contribution is 2.37. The molecule has 5 rings (SSSR count). The molecule has 1 saturated carbocycles. The van der Waals surface area contributed by atoms with Crippen LogP contribution < -0.4 is 4.74 Å². The van der Waals surface area contributed by atoms with Gasteiger partial charge in [0.25, 0.3) is 15.9 Å². The van der Waals surface area contributed by atoms with Gasteiger partial charge in [0.15, 0.2) is 6.61 Å². The average molecular weight is 420 g/mol. The van der Waals surface area contributed by atoms with Crippen molar-refractivity contribution in [1.29, 1.82) is 0 Å². The molecule has 1 aliphatic carbocycles. The Hall–Kier alpha value is -2.49. The zero-order valence-electron chi connectivity index (χ0n) is 16.3. The van der Waals surface area contributed by atoms with Crippen LogP contribution in [0.5, 0.6) is 5.88 Å². The minimum Gasteiger partial charge on any atom is -0.496 e. The molecule has 0 unspecified atom stereocenters. The Morgan fingerprint density at radius 2 is 2.03 bits per heavy atom. The van der Waals surface area contributed by atoms with E-state index in [1.54, 1.807) is 6.20 Å². The lowest BCUT2D eigenvalue weighted by Gasteiger charge is -2.31. The zero-order valence-corrected chi connectivity index (χ0v) is 17.1. The molecule has 1 aromatic heterocycles. The summed E-state index contributed by atoms with van der Waals surface area (Å²) in [6.07, 6.45) is 8.81. The van der Waals surface area contributed by atoms with Gasteiger partial charge in [-0.2, -0.15) is 9.50 Å². The molecule has 1 aromatic rings. The lowest BCUT2D eigenvalue weighted by molar-refractivity contribution is -0.131. The molecule has 10 heteroatoms. The van der Waals surface area contributed by atoms with E-state index in [2.05, 4.69) is 14.6 Å². The number of amides is 1. The summed E-state index contributed by atoms with van der Waals surface area (Å²) in [6, 6.07) is 1.90. The number of allylic oxidation sites excluding steroid dienone is 1. The molecule has 4 heterocycles. The molecule has 9 nitrogen and oxygen atoms in total. The van der Waals surface area contributed by atoms with Crippen LogP contribution in [0, 0.1) is 0 Å². The normalized spacial score (nSPS) is 28.6. The van der Waals surface area contributed by atoms with E-state index in [1.165, 1.54) is 11.2 Å². The van der Waals surface area contributed by atoms with Gasteiger partial charge in [-0.1, -0.05) is 0 Å². The number of sulfonamides is 1. The molecule has 0 spiro atoms. The Kier molecular flexibility index (Phi) is 5.53. The molecule has 156 valence electrons. The van der Waals surface area contributed by atoms with Crippen LogP contribution in [0.3, 0.4) is 0 Å². The molecule has 3 aliphatic heterocycles. The fourth-order valence-corrected chi connectivity index (χ4v) is 4.71. The monoisotopic (exact) mass is 420 g/mol. The summed E-state index contributed by atoms with van der Waals surface area (Å²) in [7, 11) is -3.60. The van der Waals surface area contributed by atoms with Crippen molar-refractivity contribution in [3.05, 3.63) is 29.8 Å². The highest BCUT2D eigenvalue weighted by Gasteiger charge is 2.31. The minimum atomic E-state index is -3.60. The van der Waals surface area contributed by atoms with Gasteiger partial charge in [-0.15, -0.1) is 5.10 Å². The predicted octanol–water partition coefficient (Wildman–Crippen LogP) is 1.78. The van der Waals surface area contributed by atoms with Crippen LogP contribution in [-0.4, -0.2) is 60.6 Å². The molecule has 1 saturated heterocycles. The second-order valence-corrected chi connectivity index (χ2v) is 9.26. The van der Waals surface area contributed by atoms with Crippen LogP contribution in [0.4, 0.5) is 0 Å². The Bertz CT molecular complexity index is 951. The van der Waals surface area contributed by atoms with Crippen LogP contribution >= 0.6 is 0 Å². The lowest BCUT2D eigenvalue weighted by atomic mass is 9.83. The van der Waals surface area contributed by atoms with Crippen LogP contribution in [0.2, 0.25) is 0 Å². The first-order chi connectivity index (χ1) is 13.9. The van der Waals surface area contributed by atoms with Crippen LogP contribution in [-0.2, 0) is 19.6 Å². The summed E-state index contributed by atoms with van der Waals surface area (Å²) < 4.78 is 39.1. The maximum Gasteiger partial charge on any atom is 0.265 e. The third-order valence-corrected chi connectivity index (χ3v) is 6.05. The number of piperidine rings is 1. The second kappa shape index (κ2) is 8.10. The van der Waals surface area contributed by atoms with E-state index < -0.39 is 10.0 Å². The number of ether oxygens (including phenoxy) is 2. The molecular weight excluding hydrogens is 396 g/mol. The van der Waals surface area contributed by atoms with Crippen molar-refractivity contribution in [2.24, 2.45) is 4.40 Å². The van der Waals surface area contributed by atoms with Crippen LogP contribution in [0.25, 0.3) is 0 Å². The maximum atomic E-state index is 12.9. The van der Waals surface area contributed by atoms with Crippen molar-refractivity contribution in [1.82, 2.24) is 15.1 Å². The Morgan fingerprint density at radius 1 is 1.24 bits per heavy atom. The van der Waals surface area contributed by atoms with Gasteiger partial charge in [-0.25, -0.2) is 8.42 Å². The van der Waals surface area contributed by atoms with Crippen molar-refractivity contribution in [3.63, 3.8) is 0 Å². The molecule has 2 bridgehead atoms. The summed E-state index contributed by atoms with van der Waals surface area (Å²) in [4.78, 5) is 14.4. The van der Waals surface area contributed by atoms with Crippen molar-refractivity contribution in [3.8, 4) is 5.88 Å². The molecular formula is C19H24N4O5S. The van der Waals surface area contributed by atoms with Gasteiger partial charge in [0, 0.05) is 12.1 Å². The number of rotatable bonds is 1. The lowest BCUT2D eigenvalue weighted by Crippen LogP contribution is -2.41. The van der Waals surface area contributed by atoms with Gasteiger partial charge < -0.3 is 14.4 Å². The fourth-order valence-electron chi connectivity index (χ4n) is 4.12. The summed E-state index contributed by atoms with van der Waals surface area (Å²) in [5.41, 5.74) is 1.71. The van der Waals surface area contributed by atoms with E-state index in [9.17, 15) is 13.2 Å². The first-order valence-corrected chi connectivity index (χ1v) is 11.6. The van der Waals surface area contributed by atoms with Gasteiger partial charge in [0.05, 0.1) is 24.3 Å². The van der Waals surface area contributed by atoms with Crippen LogP contribution in [0.1, 0.15) is 50.0 Å². The first-order valence-electron chi connectivity index (χ1n) is 9.80. The van der Waals surface area contributed by atoms with Gasteiger partial charge in [-0.3, -0.25) is 4.79 Å². The predicted molar refractivity (Wildman–Crippen MR) is 105 cm³/mol. The molecule has 0 N–H and O–H groups in total. The van der Waals surface area contributed by atoms with Crippen molar-refractivity contribution < 1.29 is 22.7 Å². The van der Waals surface area contributed by atoms with E-state index in [4.69, 9.17) is 9.47 Å². The third-order valence-electron chi connectivity index (χ3n) is 5.49. The van der Waals surface area contributed by atoms with Crippen LogP contribution in [0.15, 0.2) is 28.6 Å². The van der Waals surface area contributed by atoms with E-state index in [1.807, 2.05) is 6.07 Å². The van der Waals surface area contributed by atoms with E-state index in [0.717, 1.165) is 37.5 Å². The van der Waals surface area contributed by atoms with Crippen molar-refractivity contribution in [2.75, 3.05) is 19.4 Å². The topological polar surface area (TPSA) is 111 Å². The number of hydrogen-bond donors (Lipinski definition) is 0. The third kappa shape index (κ3) is 4.58. The number of nitrogens with zero attached hydrogens (tertiary/aromatic N) is 4. The van der Waals surface area contributed by atoms with Gasteiger partial charge in [0.2, 0.25) is 5.88 Å². The first kappa shape index (κ1) is 19.8. The molecule has 0 radical (unpaired) electrons. The summed E-state index contributed by atoms with van der Waals surface area (Å²) >= 11 is 0. The summed E-state index contributed by atoms with van der Waals surface area (Å²) in [5.74, 6) is 0.370. The number of carbonyl (C=O) groups excluding carboxylic acids is 1. The van der Waals surface area contributed by atoms with Gasteiger partial charge in [-0.05, 0) is 50.5 Å². The molecule has 2 fully saturated rings. The number of hydrogen-bond acceptors (Lipinski definition) is 7. The van der Waals surface area contributed by atoms with E-state index >= 15 is 0 Å². The minimum absolute atomic E-state index is 0.0111. The smallest absolute Gasteiger partial charge is 0.265 e. The molecule has 0 atom stereocenters. The highest BCUT2D eigenvalue weighted by atomic mass is 32.2. The van der Waals surface area contributed by atoms with E-state index in [0.29, 0.717) is 36.7 Å². The molecule has 29 heavy (non-hydrogen) atoms. The average Bonchev–Trinajstić information content (AvgIpc) is 2.71. The Morgan fingerprint density at radius 3 is 2.79 bits per heavy atom. The van der Waals surface area contributed by atoms with Gasteiger partial charge >= 0.3 is 0 Å². The summed E-state index contributed by atoms with van der Waals surface area (Å²) in [6.45, 7) is 0.228. The van der Waals surface area contributed by atoms with Crippen molar-refractivity contribution >= 4 is 21.6 Å². The molecule has 1 amide bonds. The van der Waals surface area contributed by atoms with Crippen molar-refractivity contribution in [2.45, 2.75) is 50.5 Å².